The van der Waals surface area contributed by atoms with E-state index in [1.54, 1.807) is 13.8 Å². The summed E-state index contributed by atoms with van der Waals surface area (Å²) in [6.45, 7) is 3.56. The molecule has 0 heterocycles. The molecule has 0 fully saturated rings. The number of halogens is 3. The lowest BCUT2D eigenvalue weighted by atomic mass is 10.0. The third kappa shape index (κ3) is 5.92. The molecule has 1 unspecified atom stereocenters. The van der Waals surface area contributed by atoms with Gasteiger partial charge in [0.05, 0.1) is 12.5 Å². The molecule has 4 nitrogen and oxygen atoms in total. The van der Waals surface area contributed by atoms with Crippen LogP contribution >= 0.6 is 0 Å². The number of nitrogens with one attached hydrogen (secondary N) is 1. The minimum Gasteiger partial charge on any atom is -0.406 e. The Labute approximate surface area is 114 Å². The summed E-state index contributed by atoms with van der Waals surface area (Å²) in [4.78, 5) is 11.6. The molecule has 0 radical (unpaired) electrons. The number of amides is 1. The van der Waals surface area contributed by atoms with E-state index >= 15 is 0 Å². The molecule has 1 aromatic carbocycles. The average Bonchev–Trinajstić information content (AvgIpc) is 2.29. The molecule has 0 aromatic heterocycles. The molecular formula is C13H16F3NO3. The standard InChI is InChI=1S/C13H16F3NO3/c1-8(2)11(18)7-12(19)17-9-3-5-10(6-4-9)20-13(14,15)16/h3-6,8,11,18H,7H2,1-2H3,(H,17,19). The Balaban J connectivity index is 2.55. The van der Waals surface area contributed by atoms with Crippen LogP contribution in [0.2, 0.25) is 0 Å². The van der Waals surface area contributed by atoms with Gasteiger partial charge in [0, 0.05) is 5.69 Å². The highest BCUT2D eigenvalue weighted by Gasteiger charge is 2.30. The number of anilines is 1. The van der Waals surface area contributed by atoms with Gasteiger partial charge in [-0.15, -0.1) is 13.2 Å². The quantitative estimate of drug-likeness (QED) is 0.877. The first-order chi connectivity index (χ1) is 9.17. The molecule has 0 saturated heterocycles. The Bertz CT molecular complexity index is 443. The van der Waals surface area contributed by atoms with Gasteiger partial charge in [-0.1, -0.05) is 13.8 Å². The summed E-state index contributed by atoms with van der Waals surface area (Å²) in [5.74, 6) is -0.822. The number of carbonyl (C=O) groups excluding carboxylic acids is 1. The topological polar surface area (TPSA) is 58.6 Å². The van der Waals surface area contributed by atoms with Gasteiger partial charge < -0.3 is 15.2 Å². The molecule has 112 valence electrons. The van der Waals surface area contributed by atoms with Crippen LogP contribution in [0.4, 0.5) is 18.9 Å². The molecule has 1 aromatic rings. The maximum atomic E-state index is 12.0. The Morgan fingerprint density at radius 3 is 2.30 bits per heavy atom. The summed E-state index contributed by atoms with van der Waals surface area (Å²) >= 11 is 0. The molecule has 7 heteroatoms. The Morgan fingerprint density at radius 2 is 1.85 bits per heavy atom. The molecule has 1 atom stereocenters. The lowest BCUT2D eigenvalue weighted by Gasteiger charge is -2.14. The molecule has 2 N–H and O–H groups in total. The Kier molecular flexibility index (Phi) is 5.38. The second kappa shape index (κ2) is 6.60. The molecule has 1 amide bonds. The maximum absolute atomic E-state index is 12.0. The van der Waals surface area contributed by atoms with Crippen molar-refractivity contribution in [2.75, 3.05) is 5.32 Å². The van der Waals surface area contributed by atoms with E-state index in [1.807, 2.05) is 0 Å². The van der Waals surface area contributed by atoms with Crippen molar-refractivity contribution in [3.63, 3.8) is 0 Å². The highest BCUT2D eigenvalue weighted by Crippen LogP contribution is 2.24. The van der Waals surface area contributed by atoms with Crippen LogP contribution in [0.5, 0.6) is 5.75 Å². The van der Waals surface area contributed by atoms with E-state index in [1.165, 1.54) is 12.1 Å². The van der Waals surface area contributed by atoms with Crippen molar-refractivity contribution in [2.24, 2.45) is 5.92 Å². The molecule has 20 heavy (non-hydrogen) atoms. The van der Waals surface area contributed by atoms with Gasteiger partial charge in [-0.05, 0) is 30.2 Å². The lowest BCUT2D eigenvalue weighted by molar-refractivity contribution is -0.274. The fourth-order valence-electron chi connectivity index (χ4n) is 1.38. The second-order valence-corrected chi connectivity index (χ2v) is 4.64. The fourth-order valence-corrected chi connectivity index (χ4v) is 1.38. The lowest BCUT2D eigenvalue weighted by Crippen LogP contribution is -2.23. The third-order valence-corrected chi connectivity index (χ3v) is 2.54. The van der Waals surface area contributed by atoms with Gasteiger partial charge >= 0.3 is 6.36 Å². The number of alkyl halides is 3. The first-order valence-corrected chi connectivity index (χ1v) is 6.01. The minimum absolute atomic E-state index is 0.0525. The van der Waals surface area contributed by atoms with Gasteiger partial charge in [-0.3, -0.25) is 4.79 Å². The Morgan fingerprint density at radius 1 is 1.30 bits per heavy atom. The summed E-state index contributed by atoms with van der Waals surface area (Å²) < 4.78 is 39.6. The number of hydrogen-bond donors (Lipinski definition) is 2. The van der Waals surface area contributed by atoms with E-state index in [-0.39, 0.29) is 18.1 Å². The van der Waals surface area contributed by atoms with Gasteiger partial charge in [-0.2, -0.15) is 0 Å². The van der Waals surface area contributed by atoms with Crippen molar-refractivity contribution in [3.05, 3.63) is 24.3 Å². The highest BCUT2D eigenvalue weighted by atomic mass is 19.4. The summed E-state index contributed by atoms with van der Waals surface area (Å²) in [7, 11) is 0. The van der Waals surface area contributed by atoms with Crippen LogP contribution in [0.1, 0.15) is 20.3 Å². The van der Waals surface area contributed by atoms with Crippen molar-refractivity contribution in [1.29, 1.82) is 0 Å². The number of hydrogen-bond acceptors (Lipinski definition) is 3. The maximum Gasteiger partial charge on any atom is 0.573 e. The molecule has 0 bridgehead atoms. The van der Waals surface area contributed by atoms with E-state index < -0.39 is 18.4 Å². The van der Waals surface area contributed by atoms with Gasteiger partial charge in [0.15, 0.2) is 0 Å². The highest BCUT2D eigenvalue weighted by molar-refractivity contribution is 5.91. The van der Waals surface area contributed by atoms with Crippen LogP contribution in [-0.4, -0.2) is 23.5 Å². The van der Waals surface area contributed by atoms with Crippen LogP contribution in [0.15, 0.2) is 24.3 Å². The normalized spacial score (nSPS) is 13.2. The van der Waals surface area contributed by atoms with Crippen molar-refractivity contribution in [2.45, 2.75) is 32.7 Å². The van der Waals surface area contributed by atoms with E-state index in [4.69, 9.17) is 0 Å². The van der Waals surface area contributed by atoms with Crippen LogP contribution < -0.4 is 10.1 Å². The number of carbonyl (C=O) groups is 1. The SMILES string of the molecule is CC(C)C(O)CC(=O)Nc1ccc(OC(F)(F)F)cc1. The second-order valence-electron chi connectivity index (χ2n) is 4.64. The fraction of sp³-hybridized carbons (Fsp3) is 0.462. The van der Waals surface area contributed by atoms with Crippen molar-refractivity contribution < 1.29 is 27.8 Å². The van der Waals surface area contributed by atoms with Crippen LogP contribution in [0.25, 0.3) is 0 Å². The summed E-state index contributed by atoms with van der Waals surface area (Å²) in [5, 5.41) is 12.0. The molecule has 0 aliphatic heterocycles. The molecule has 1 rings (SSSR count). The number of benzene rings is 1. The van der Waals surface area contributed by atoms with Crippen molar-refractivity contribution in [3.8, 4) is 5.75 Å². The van der Waals surface area contributed by atoms with Crippen LogP contribution in [0, 0.1) is 5.92 Å². The predicted molar refractivity (Wildman–Crippen MR) is 67.2 cm³/mol. The number of rotatable bonds is 5. The molecule has 0 spiro atoms. The summed E-state index contributed by atoms with van der Waals surface area (Å²) in [5.41, 5.74) is 0.334. The van der Waals surface area contributed by atoms with Gasteiger partial charge in [-0.25, -0.2) is 0 Å². The third-order valence-electron chi connectivity index (χ3n) is 2.54. The van der Waals surface area contributed by atoms with Gasteiger partial charge in [0.1, 0.15) is 5.75 Å². The van der Waals surface area contributed by atoms with Gasteiger partial charge in [0.25, 0.3) is 0 Å². The zero-order valence-electron chi connectivity index (χ0n) is 11.1. The summed E-state index contributed by atoms with van der Waals surface area (Å²) in [6.07, 6.45) is -5.58. The predicted octanol–water partition coefficient (Wildman–Crippen LogP) is 2.93. The number of ether oxygens (including phenoxy) is 1. The first kappa shape index (κ1) is 16.3. The number of aliphatic hydroxyl groups excluding tert-OH is 1. The first-order valence-electron chi connectivity index (χ1n) is 6.01. The zero-order valence-corrected chi connectivity index (χ0v) is 11.1. The Hall–Kier alpha value is -1.76. The molecular weight excluding hydrogens is 275 g/mol. The van der Waals surface area contributed by atoms with E-state index in [9.17, 15) is 23.1 Å². The smallest absolute Gasteiger partial charge is 0.406 e. The van der Waals surface area contributed by atoms with Gasteiger partial charge in [0.2, 0.25) is 5.91 Å². The monoisotopic (exact) mass is 291 g/mol. The van der Waals surface area contributed by atoms with Crippen LogP contribution in [-0.2, 0) is 4.79 Å². The summed E-state index contributed by atoms with van der Waals surface area (Å²) in [6, 6.07) is 4.78. The molecule has 0 aliphatic rings. The van der Waals surface area contributed by atoms with E-state index in [0.717, 1.165) is 12.1 Å². The molecule has 0 aliphatic carbocycles. The van der Waals surface area contributed by atoms with Crippen LogP contribution in [0.3, 0.4) is 0 Å². The molecule has 0 saturated carbocycles. The number of aliphatic hydroxyl groups is 1. The van der Waals surface area contributed by atoms with Crippen molar-refractivity contribution >= 4 is 11.6 Å². The van der Waals surface area contributed by atoms with Crippen molar-refractivity contribution in [1.82, 2.24) is 0 Å². The minimum atomic E-state index is -4.74. The largest absolute Gasteiger partial charge is 0.573 e. The van der Waals surface area contributed by atoms with E-state index in [2.05, 4.69) is 10.1 Å². The average molecular weight is 291 g/mol. The zero-order chi connectivity index (χ0) is 15.3. The van der Waals surface area contributed by atoms with E-state index in [0.29, 0.717) is 5.69 Å².